The molecule has 20 heavy (non-hydrogen) atoms. The van der Waals surface area contributed by atoms with Crippen molar-refractivity contribution >= 4 is 5.97 Å². The Hall–Kier alpha value is -1.35. The minimum atomic E-state index is -0.130. The standard InChI is InChI=1S/C17H27NO2/c1-14(11-18(5)13-17(2,3)4)16(19)20-12-15-9-7-6-8-10-15/h6-10,14H,11-13H2,1-5H3. The van der Waals surface area contributed by atoms with Gasteiger partial charge in [0.05, 0.1) is 5.92 Å². The van der Waals surface area contributed by atoms with Gasteiger partial charge in [-0.3, -0.25) is 4.79 Å². The minimum absolute atomic E-state index is 0.105. The van der Waals surface area contributed by atoms with Gasteiger partial charge in [0.25, 0.3) is 0 Å². The first-order valence-electron chi connectivity index (χ1n) is 7.17. The van der Waals surface area contributed by atoms with Crippen LogP contribution in [0.15, 0.2) is 30.3 Å². The van der Waals surface area contributed by atoms with E-state index in [1.807, 2.05) is 44.3 Å². The quantitative estimate of drug-likeness (QED) is 0.747. The van der Waals surface area contributed by atoms with Gasteiger partial charge in [0, 0.05) is 13.1 Å². The number of esters is 1. The van der Waals surface area contributed by atoms with E-state index in [4.69, 9.17) is 4.74 Å². The van der Waals surface area contributed by atoms with Crippen molar-refractivity contribution in [1.82, 2.24) is 4.90 Å². The highest BCUT2D eigenvalue weighted by atomic mass is 16.5. The van der Waals surface area contributed by atoms with Crippen molar-refractivity contribution in [3.63, 3.8) is 0 Å². The number of rotatable bonds is 6. The van der Waals surface area contributed by atoms with Crippen molar-refractivity contribution in [2.24, 2.45) is 11.3 Å². The first-order chi connectivity index (χ1) is 9.28. The van der Waals surface area contributed by atoms with Gasteiger partial charge in [-0.05, 0) is 18.0 Å². The molecule has 0 amide bonds. The highest BCUT2D eigenvalue weighted by Gasteiger charge is 2.20. The van der Waals surface area contributed by atoms with Gasteiger partial charge in [-0.25, -0.2) is 0 Å². The average molecular weight is 277 g/mol. The summed E-state index contributed by atoms with van der Waals surface area (Å²) in [6.45, 7) is 10.6. The molecule has 0 spiro atoms. The Morgan fingerprint density at radius 1 is 1.25 bits per heavy atom. The molecule has 3 heteroatoms. The van der Waals surface area contributed by atoms with E-state index >= 15 is 0 Å². The first kappa shape index (κ1) is 16.7. The van der Waals surface area contributed by atoms with Gasteiger partial charge < -0.3 is 9.64 Å². The maximum atomic E-state index is 12.0. The molecule has 1 atom stereocenters. The Morgan fingerprint density at radius 3 is 2.40 bits per heavy atom. The molecular formula is C17H27NO2. The molecule has 0 radical (unpaired) electrons. The third kappa shape index (κ3) is 6.71. The lowest BCUT2D eigenvalue weighted by molar-refractivity contribution is -0.149. The van der Waals surface area contributed by atoms with E-state index in [0.717, 1.165) is 18.7 Å². The molecule has 112 valence electrons. The van der Waals surface area contributed by atoms with E-state index in [1.165, 1.54) is 0 Å². The Morgan fingerprint density at radius 2 is 1.85 bits per heavy atom. The molecule has 0 fully saturated rings. The molecule has 0 aromatic heterocycles. The van der Waals surface area contributed by atoms with Gasteiger partial charge in [0.15, 0.2) is 0 Å². The molecule has 0 aliphatic heterocycles. The maximum Gasteiger partial charge on any atom is 0.310 e. The van der Waals surface area contributed by atoms with Gasteiger partial charge in [-0.1, -0.05) is 58.0 Å². The molecule has 3 nitrogen and oxygen atoms in total. The first-order valence-corrected chi connectivity index (χ1v) is 7.17. The van der Waals surface area contributed by atoms with Crippen LogP contribution >= 0.6 is 0 Å². The fourth-order valence-corrected chi connectivity index (χ4v) is 2.29. The van der Waals surface area contributed by atoms with Gasteiger partial charge >= 0.3 is 5.97 Å². The van der Waals surface area contributed by atoms with E-state index in [2.05, 4.69) is 25.7 Å². The van der Waals surface area contributed by atoms with Crippen LogP contribution in [0.5, 0.6) is 0 Å². The van der Waals surface area contributed by atoms with Crippen LogP contribution in [-0.2, 0) is 16.1 Å². The van der Waals surface area contributed by atoms with Crippen LogP contribution in [0.4, 0.5) is 0 Å². The number of carbonyl (C=O) groups is 1. The van der Waals surface area contributed by atoms with Crippen LogP contribution in [0.25, 0.3) is 0 Å². The van der Waals surface area contributed by atoms with E-state index < -0.39 is 0 Å². The van der Waals surface area contributed by atoms with Crippen LogP contribution in [0.2, 0.25) is 0 Å². The Labute approximate surface area is 122 Å². The van der Waals surface area contributed by atoms with Crippen molar-refractivity contribution in [2.45, 2.75) is 34.3 Å². The Balaban J connectivity index is 2.36. The molecule has 0 bridgehead atoms. The van der Waals surface area contributed by atoms with Gasteiger partial charge in [-0.2, -0.15) is 0 Å². The molecule has 1 aromatic carbocycles. The number of benzene rings is 1. The van der Waals surface area contributed by atoms with Gasteiger partial charge in [0.1, 0.15) is 6.61 Å². The zero-order valence-corrected chi connectivity index (χ0v) is 13.3. The number of nitrogens with zero attached hydrogens (tertiary/aromatic N) is 1. The molecule has 0 aliphatic rings. The number of ether oxygens (including phenoxy) is 1. The fraction of sp³-hybridized carbons (Fsp3) is 0.588. The summed E-state index contributed by atoms with van der Waals surface area (Å²) < 4.78 is 5.36. The maximum absolute atomic E-state index is 12.0. The minimum Gasteiger partial charge on any atom is -0.461 e. The Bertz CT molecular complexity index is 409. The third-order valence-electron chi connectivity index (χ3n) is 2.96. The fourth-order valence-electron chi connectivity index (χ4n) is 2.29. The molecule has 1 aromatic rings. The average Bonchev–Trinajstić information content (AvgIpc) is 2.34. The molecule has 0 heterocycles. The normalized spacial score (nSPS) is 13.3. The predicted molar refractivity (Wildman–Crippen MR) is 82.4 cm³/mol. The van der Waals surface area contributed by atoms with Gasteiger partial charge in [-0.15, -0.1) is 0 Å². The highest BCUT2D eigenvalue weighted by molar-refractivity contribution is 5.72. The summed E-state index contributed by atoms with van der Waals surface area (Å²) in [5, 5.41) is 0. The summed E-state index contributed by atoms with van der Waals surface area (Å²) >= 11 is 0. The largest absolute Gasteiger partial charge is 0.461 e. The summed E-state index contributed by atoms with van der Waals surface area (Å²) in [6, 6.07) is 9.77. The molecule has 0 saturated heterocycles. The number of hydrogen-bond acceptors (Lipinski definition) is 3. The van der Waals surface area contributed by atoms with Crippen LogP contribution in [-0.4, -0.2) is 31.0 Å². The second-order valence-corrected chi connectivity index (χ2v) is 6.75. The lowest BCUT2D eigenvalue weighted by Crippen LogP contribution is -2.35. The summed E-state index contributed by atoms with van der Waals surface area (Å²) in [5.41, 5.74) is 1.26. The highest BCUT2D eigenvalue weighted by Crippen LogP contribution is 2.15. The smallest absolute Gasteiger partial charge is 0.310 e. The van der Waals surface area contributed by atoms with Gasteiger partial charge in [0.2, 0.25) is 0 Å². The van der Waals surface area contributed by atoms with E-state index in [0.29, 0.717) is 6.61 Å². The SMILES string of the molecule is CC(CN(C)CC(C)(C)C)C(=O)OCc1ccccc1. The van der Waals surface area contributed by atoms with Crippen molar-refractivity contribution in [3.05, 3.63) is 35.9 Å². The monoisotopic (exact) mass is 277 g/mol. The number of hydrogen-bond donors (Lipinski definition) is 0. The molecule has 0 aliphatic carbocycles. The van der Waals surface area contributed by atoms with Crippen molar-refractivity contribution < 1.29 is 9.53 Å². The summed E-state index contributed by atoms with van der Waals surface area (Å²) in [7, 11) is 2.05. The molecule has 0 saturated carbocycles. The number of carbonyl (C=O) groups excluding carboxylic acids is 1. The lowest BCUT2D eigenvalue weighted by Gasteiger charge is -2.28. The second kappa shape index (κ2) is 7.44. The van der Waals surface area contributed by atoms with Crippen molar-refractivity contribution in [3.8, 4) is 0 Å². The van der Waals surface area contributed by atoms with E-state index in [9.17, 15) is 4.79 Å². The molecule has 1 rings (SSSR count). The zero-order chi connectivity index (χ0) is 15.2. The zero-order valence-electron chi connectivity index (χ0n) is 13.3. The van der Waals surface area contributed by atoms with E-state index in [-0.39, 0.29) is 17.3 Å². The van der Waals surface area contributed by atoms with Crippen LogP contribution in [0.1, 0.15) is 33.3 Å². The Kier molecular flexibility index (Phi) is 6.21. The third-order valence-corrected chi connectivity index (χ3v) is 2.96. The summed E-state index contributed by atoms with van der Waals surface area (Å²) in [5.74, 6) is -0.235. The molecule has 0 N–H and O–H groups in total. The van der Waals surface area contributed by atoms with E-state index in [1.54, 1.807) is 0 Å². The molecule has 1 unspecified atom stereocenters. The lowest BCUT2D eigenvalue weighted by atomic mass is 9.96. The topological polar surface area (TPSA) is 29.5 Å². The van der Waals surface area contributed by atoms with Crippen molar-refractivity contribution in [2.75, 3.05) is 20.1 Å². The van der Waals surface area contributed by atoms with Crippen molar-refractivity contribution in [1.29, 1.82) is 0 Å². The molecular weight excluding hydrogens is 250 g/mol. The summed E-state index contributed by atoms with van der Waals surface area (Å²) in [4.78, 5) is 14.2. The predicted octanol–water partition coefficient (Wildman–Crippen LogP) is 3.34. The van der Waals surface area contributed by atoms with Crippen LogP contribution < -0.4 is 0 Å². The summed E-state index contributed by atoms with van der Waals surface area (Å²) in [6.07, 6.45) is 0. The van der Waals surface area contributed by atoms with Crippen LogP contribution in [0.3, 0.4) is 0 Å². The van der Waals surface area contributed by atoms with Crippen LogP contribution in [0, 0.1) is 11.3 Å². The second-order valence-electron chi connectivity index (χ2n) is 6.75.